The summed E-state index contributed by atoms with van der Waals surface area (Å²) in [6, 6.07) is 11.5. The summed E-state index contributed by atoms with van der Waals surface area (Å²) in [6.45, 7) is 4.58. The Labute approximate surface area is 220 Å². The highest BCUT2D eigenvalue weighted by molar-refractivity contribution is 6.12. The molecule has 0 spiro atoms. The molecular weight excluding hydrogens is 508 g/mol. The van der Waals surface area contributed by atoms with Crippen LogP contribution in [0.2, 0.25) is 0 Å². The lowest BCUT2D eigenvalue weighted by Gasteiger charge is -2.18. The molecule has 0 aliphatic carbocycles. The van der Waals surface area contributed by atoms with Crippen LogP contribution >= 0.6 is 0 Å². The van der Waals surface area contributed by atoms with E-state index in [-0.39, 0.29) is 74.0 Å². The molecule has 2 heterocycles. The molecule has 2 aromatic heterocycles. The number of hydrogen-bond acceptors (Lipinski definition) is 10. The summed E-state index contributed by atoms with van der Waals surface area (Å²) in [6.07, 6.45) is -0.695. The number of esters is 1. The zero-order valence-corrected chi connectivity index (χ0v) is 21.2. The van der Waals surface area contributed by atoms with E-state index in [1.54, 1.807) is 19.9 Å². The van der Waals surface area contributed by atoms with Gasteiger partial charge in [0.15, 0.2) is 11.3 Å². The van der Waals surface area contributed by atoms with Crippen LogP contribution in [0.1, 0.15) is 20.8 Å². The fraction of sp³-hybridized carbons (Fsp3) is 0.207. The molecule has 39 heavy (non-hydrogen) atoms. The van der Waals surface area contributed by atoms with Crippen molar-refractivity contribution in [1.29, 1.82) is 0 Å². The summed E-state index contributed by atoms with van der Waals surface area (Å²) in [5.41, 5.74) is -0.819. The minimum Gasteiger partial charge on any atom is -0.507 e. The molecule has 10 nitrogen and oxygen atoms in total. The molecular formula is C29H24O10. The van der Waals surface area contributed by atoms with E-state index in [1.165, 1.54) is 49.4 Å². The third-order valence-corrected chi connectivity index (χ3v) is 6.53. The van der Waals surface area contributed by atoms with Gasteiger partial charge in [0.2, 0.25) is 5.75 Å². The fourth-order valence-corrected chi connectivity index (χ4v) is 4.29. The first-order valence-corrected chi connectivity index (χ1v) is 12.1. The standard InChI is InChI=1S/C29H24O10/c1-13(14(2)30)12-36-28-22(37-15(3)31)8-7-18-25-19(29(35)39-27(18)28)6-5-17(26(25)34)20-10-16-4-9-24(33)38-23(16)11-21(20)32/h4-11,13-14,30,32,34H,12H2,1-3H3/t13-,14+/m1/s1. The van der Waals surface area contributed by atoms with Gasteiger partial charge in [-0.05, 0) is 43.3 Å². The first-order valence-electron chi connectivity index (χ1n) is 12.1. The molecule has 0 saturated heterocycles. The van der Waals surface area contributed by atoms with Crippen LogP contribution in [0.3, 0.4) is 0 Å². The molecule has 0 unspecified atom stereocenters. The minimum atomic E-state index is -0.780. The Hall–Kier alpha value is -4.83. The second-order valence-corrected chi connectivity index (χ2v) is 9.33. The predicted molar refractivity (Wildman–Crippen MR) is 142 cm³/mol. The second kappa shape index (κ2) is 9.80. The zero-order chi connectivity index (χ0) is 28.0. The fourth-order valence-electron chi connectivity index (χ4n) is 4.29. The first-order chi connectivity index (χ1) is 18.5. The van der Waals surface area contributed by atoms with Gasteiger partial charge in [0, 0.05) is 52.3 Å². The Balaban J connectivity index is 1.77. The van der Waals surface area contributed by atoms with Crippen LogP contribution in [-0.4, -0.2) is 34.0 Å². The average Bonchev–Trinajstić information content (AvgIpc) is 2.87. The summed E-state index contributed by atoms with van der Waals surface area (Å²) < 4.78 is 21.8. The molecule has 0 aliphatic rings. The lowest BCUT2D eigenvalue weighted by Crippen LogP contribution is -2.21. The molecule has 0 amide bonds. The van der Waals surface area contributed by atoms with Crippen molar-refractivity contribution >= 4 is 38.7 Å². The molecule has 0 saturated carbocycles. The predicted octanol–water partition coefficient (Wildman–Crippen LogP) is 4.45. The number of benzene rings is 3. The number of fused-ring (bicyclic) bond motifs is 4. The minimum absolute atomic E-state index is 0.000367. The van der Waals surface area contributed by atoms with Crippen molar-refractivity contribution in [3.63, 3.8) is 0 Å². The average molecular weight is 533 g/mol. The van der Waals surface area contributed by atoms with Crippen molar-refractivity contribution in [1.82, 2.24) is 0 Å². The molecule has 3 aromatic carbocycles. The molecule has 0 bridgehead atoms. The highest BCUT2D eigenvalue weighted by atomic mass is 16.6. The molecule has 5 rings (SSSR count). The van der Waals surface area contributed by atoms with Crippen molar-refractivity contribution in [2.75, 3.05) is 6.61 Å². The van der Waals surface area contributed by atoms with Gasteiger partial charge in [-0.2, -0.15) is 0 Å². The Kier molecular flexibility index (Phi) is 6.49. The smallest absolute Gasteiger partial charge is 0.344 e. The zero-order valence-electron chi connectivity index (χ0n) is 21.2. The molecule has 2 atom stereocenters. The third-order valence-electron chi connectivity index (χ3n) is 6.53. The van der Waals surface area contributed by atoms with E-state index in [2.05, 4.69) is 0 Å². The van der Waals surface area contributed by atoms with Gasteiger partial charge in [0.05, 0.1) is 18.1 Å². The molecule has 3 N–H and O–H groups in total. The summed E-state index contributed by atoms with van der Waals surface area (Å²) in [7, 11) is 0. The largest absolute Gasteiger partial charge is 0.507 e. The lowest BCUT2D eigenvalue weighted by atomic mass is 9.96. The number of aliphatic hydroxyl groups is 1. The van der Waals surface area contributed by atoms with Crippen LogP contribution in [0.15, 0.2) is 67.0 Å². The van der Waals surface area contributed by atoms with Gasteiger partial charge in [-0.1, -0.05) is 6.92 Å². The first kappa shape index (κ1) is 25.8. The number of aromatic hydroxyl groups is 2. The van der Waals surface area contributed by atoms with Gasteiger partial charge in [-0.3, -0.25) is 4.79 Å². The normalized spacial score (nSPS) is 13.0. The molecule has 10 heteroatoms. The lowest BCUT2D eigenvalue weighted by molar-refractivity contribution is -0.132. The number of phenols is 2. The van der Waals surface area contributed by atoms with Crippen molar-refractivity contribution in [2.45, 2.75) is 26.9 Å². The van der Waals surface area contributed by atoms with Crippen LogP contribution in [-0.2, 0) is 4.79 Å². The Morgan fingerprint density at radius 3 is 2.41 bits per heavy atom. The number of phenolic OH excluding ortho intramolecular Hbond substituents is 2. The number of hydrogen-bond donors (Lipinski definition) is 3. The molecule has 0 radical (unpaired) electrons. The summed E-state index contributed by atoms with van der Waals surface area (Å²) in [5.74, 6) is -1.55. The van der Waals surface area contributed by atoms with E-state index in [0.717, 1.165) is 0 Å². The maximum absolute atomic E-state index is 13.0. The Bertz CT molecular complexity index is 1880. The molecule has 5 aromatic rings. The maximum Gasteiger partial charge on any atom is 0.344 e. The number of carbonyl (C=O) groups is 1. The summed E-state index contributed by atoms with van der Waals surface area (Å²) in [4.78, 5) is 36.3. The third kappa shape index (κ3) is 4.66. The number of ether oxygens (including phenoxy) is 2. The monoisotopic (exact) mass is 532 g/mol. The molecule has 200 valence electrons. The van der Waals surface area contributed by atoms with Crippen molar-refractivity contribution in [2.24, 2.45) is 5.92 Å². The van der Waals surface area contributed by atoms with Crippen LogP contribution in [0.25, 0.3) is 43.8 Å². The van der Waals surface area contributed by atoms with Crippen LogP contribution in [0, 0.1) is 5.92 Å². The molecule has 0 aliphatic heterocycles. The van der Waals surface area contributed by atoms with E-state index in [4.69, 9.17) is 18.3 Å². The summed E-state index contributed by atoms with van der Waals surface area (Å²) in [5, 5.41) is 33.0. The van der Waals surface area contributed by atoms with Gasteiger partial charge in [-0.25, -0.2) is 9.59 Å². The van der Waals surface area contributed by atoms with Crippen LogP contribution < -0.4 is 20.7 Å². The van der Waals surface area contributed by atoms with E-state index >= 15 is 0 Å². The van der Waals surface area contributed by atoms with Gasteiger partial charge >= 0.3 is 17.2 Å². The van der Waals surface area contributed by atoms with Crippen LogP contribution in [0.5, 0.6) is 23.0 Å². The number of carbonyl (C=O) groups excluding carboxylic acids is 1. The van der Waals surface area contributed by atoms with Crippen molar-refractivity contribution in [3.05, 3.63) is 69.4 Å². The Morgan fingerprint density at radius 1 is 0.949 bits per heavy atom. The molecule has 0 fully saturated rings. The van der Waals surface area contributed by atoms with Gasteiger partial charge in [0.25, 0.3) is 0 Å². The van der Waals surface area contributed by atoms with E-state index in [9.17, 15) is 29.7 Å². The SMILES string of the molecule is CC(=O)Oc1ccc2c(oc(=O)c3ccc(-c4cc5ccc(=O)oc5cc4O)c(O)c32)c1OC[C@@H](C)[C@H](C)O. The highest BCUT2D eigenvalue weighted by Gasteiger charge is 2.23. The summed E-state index contributed by atoms with van der Waals surface area (Å²) >= 11 is 0. The number of rotatable bonds is 6. The van der Waals surface area contributed by atoms with Crippen molar-refractivity contribution in [3.8, 4) is 34.1 Å². The Morgan fingerprint density at radius 2 is 1.69 bits per heavy atom. The van der Waals surface area contributed by atoms with Gasteiger partial charge in [0.1, 0.15) is 17.1 Å². The highest BCUT2D eigenvalue weighted by Crippen LogP contribution is 2.45. The van der Waals surface area contributed by atoms with Gasteiger partial charge in [-0.15, -0.1) is 0 Å². The second-order valence-electron chi connectivity index (χ2n) is 9.33. The topological polar surface area (TPSA) is 157 Å². The van der Waals surface area contributed by atoms with E-state index in [0.29, 0.717) is 5.39 Å². The maximum atomic E-state index is 13.0. The quantitative estimate of drug-likeness (QED) is 0.123. The van der Waals surface area contributed by atoms with E-state index < -0.39 is 23.3 Å². The van der Waals surface area contributed by atoms with Crippen molar-refractivity contribution < 1.29 is 38.4 Å². The van der Waals surface area contributed by atoms with E-state index in [1.807, 2.05) is 0 Å². The van der Waals surface area contributed by atoms with Gasteiger partial charge < -0.3 is 33.6 Å². The number of aliphatic hydroxyl groups excluding tert-OH is 1. The van der Waals surface area contributed by atoms with Crippen LogP contribution in [0.4, 0.5) is 0 Å².